The number of anilines is 1. The van der Waals surface area contributed by atoms with Gasteiger partial charge in [-0.25, -0.2) is 0 Å². The molecular weight excluding hydrogens is 474 g/mol. The van der Waals surface area contributed by atoms with E-state index in [0.29, 0.717) is 56.0 Å². The highest BCUT2D eigenvalue weighted by molar-refractivity contribution is 5.86. The number of rotatable bonds is 2. The molecule has 2 atom stereocenters. The molecule has 2 amide bonds. The highest BCUT2D eigenvalue weighted by Crippen LogP contribution is 2.25. The van der Waals surface area contributed by atoms with Crippen LogP contribution in [0.15, 0.2) is 53.1 Å². The first kappa shape index (κ1) is 24.8. The summed E-state index contributed by atoms with van der Waals surface area (Å²) in [5.41, 5.74) is 1.79. The number of fused-ring (bicyclic) bond motifs is 5. The predicted molar refractivity (Wildman–Crippen MR) is 135 cm³/mol. The number of amides is 2. The maximum atomic E-state index is 13.1. The third-order valence-electron chi connectivity index (χ3n) is 6.62. The number of aromatic nitrogens is 2. The van der Waals surface area contributed by atoms with Crippen LogP contribution in [0.25, 0.3) is 0 Å². The lowest BCUT2D eigenvalue weighted by molar-refractivity contribution is -0.136. The van der Waals surface area contributed by atoms with Crippen molar-refractivity contribution in [1.29, 1.82) is 0 Å². The van der Waals surface area contributed by atoms with Crippen LogP contribution in [0.4, 0.5) is 5.95 Å². The van der Waals surface area contributed by atoms with E-state index in [2.05, 4.69) is 15.5 Å². The quantitative estimate of drug-likeness (QED) is 0.566. The van der Waals surface area contributed by atoms with Gasteiger partial charge >= 0.3 is 0 Å². The van der Waals surface area contributed by atoms with Crippen LogP contribution in [0.3, 0.4) is 0 Å². The normalized spacial score (nSPS) is 21.0. The minimum Gasteiger partial charge on any atom is -0.457 e. The summed E-state index contributed by atoms with van der Waals surface area (Å²) in [5.74, 6) is 1.96. The number of nitrogens with zero attached hydrogens (tertiary/aromatic N) is 4. The Labute approximate surface area is 215 Å². The number of carbonyl (C=O) groups excluding carboxylic acids is 2. The minimum atomic E-state index is -0.320. The van der Waals surface area contributed by atoms with Gasteiger partial charge in [0.15, 0.2) is 0 Å². The molecule has 4 bridgehead atoms. The lowest BCUT2D eigenvalue weighted by Gasteiger charge is -2.38. The van der Waals surface area contributed by atoms with Crippen molar-refractivity contribution < 1.29 is 23.6 Å². The number of ether oxygens (including phenoxy) is 2. The Balaban J connectivity index is 1.41. The van der Waals surface area contributed by atoms with E-state index in [4.69, 9.17) is 14.0 Å². The molecule has 3 aromatic rings. The maximum absolute atomic E-state index is 13.1. The SMILES string of the molecule is CCN1CC(=O)N[C@H]2CN(c3noc(C)n3)CC[C@@H]2OCc2cccc(c2)Oc2cccc(c2)CC1=O. The Kier molecular flexibility index (Phi) is 7.36. The fourth-order valence-corrected chi connectivity index (χ4v) is 4.71. The Morgan fingerprint density at radius 1 is 1.08 bits per heavy atom. The topological polar surface area (TPSA) is 110 Å². The van der Waals surface area contributed by atoms with Crippen molar-refractivity contribution >= 4 is 17.8 Å². The van der Waals surface area contributed by atoms with Crippen LogP contribution in [0.1, 0.15) is 30.4 Å². The smallest absolute Gasteiger partial charge is 0.266 e. The van der Waals surface area contributed by atoms with Gasteiger partial charge in [0.1, 0.15) is 11.5 Å². The summed E-state index contributed by atoms with van der Waals surface area (Å²) < 4.78 is 17.6. The molecule has 3 heterocycles. The third kappa shape index (κ3) is 6.08. The predicted octanol–water partition coefficient (Wildman–Crippen LogP) is 2.86. The molecule has 1 saturated heterocycles. The van der Waals surface area contributed by atoms with Gasteiger partial charge in [-0.2, -0.15) is 4.98 Å². The zero-order valence-corrected chi connectivity index (χ0v) is 21.1. The molecule has 5 rings (SSSR count). The van der Waals surface area contributed by atoms with E-state index < -0.39 is 0 Å². The number of hydrogen-bond donors (Lipinski definition) is 1. The standard InChI is InChI=1S/C27H31N5O5/c1-3-31-16-25(33)29-23-15-32(27-28-18(2)37-30-27)11-10-24(23)35-17-20-7-5-9-22(13-20)36-21-8-4-6-19(12-21)14-26(31)34/h4-9,12-13,23-24H,3,10-11,14-17H2,1-2H3,(H,29,33)/t23-,24-/m0/s1. The first-order valence-corrected chi connectivity index (χ1v) is 12.6. The largest absolute Gasteiger partial charge is 0.457 e. The van der Waals surface area contributed by atoms with Gasteiger partial charge in [0.05, 0.1) is 31.7 Å². The Bertz CT molecular complexity index is 1260. The number of likely N-dealkylation sites (N-methyl/N-ethyl adjacent to an activating group) is 1. The highest BCUT2D eigenvalue weighted by atomic mass is 16.5. The summed E-state index contributed by atoms with van der Waals surface area (Å²) >= 11 is 0. The van der Waals surface area contributed by atoms with Crippen molar-refractivity contribution in [1.82, 2.24) is 20.4 Å². The number of benzene rings is 2. The Hall–Kier alpha value is -3.92. The van der Waals surface area contributed by atoms with Crippen LogP contribution in [0, 0.1) is 6.92 Å². The van der Waals surface area contributed by atoms with Crippen LogP contribution in [0.2, 0.25) is 0 Å². The first-order valence-electron chi connectivity index (χ1n) is 12.6. The average Bonchev–Trinajstić information content (AvgIpc) is 3.32. The highest BCUT2D eigenvalue weighted by Gasteiger charge is 2.33. The van der Waals surface area contributed by atoms with E-state index >= 15 is 0 Å². The number of nitrogens with one attached hydrogen (secondary N) is 1. The summed E-state index contributed by atoms with van der Waals surface area (Å²) in [7, 11) is 0. The number of hydrogen-bond acceptors (Lipinski definition) is 8. The summed E-state index contributed by atoms with van der Waals surface area (Å²) in [6.07, 6.45) is 0.615. The number of carbonyl (C=O) groups is 2. The second-order valence-corrected chi connectivity index (χ2v) is 9.35. The molecule has 0 aliphatic carbocycles. The molecule has 0 unspecified atom stereocenters. The van der Waals surface area contributed by atoms with Crippen LogP contribution >= 0.6 is 0 Å². The zero-order valence-electron chi connectivity index (χ0n) is 21.1. The first-order chi connectivity index (χ1) is 18.0. The lowest BCUT2D eigenvalue weighted by Crippen LogP contribution is -2.57. The van der Waals surface area contributed by atoms with Crippen molar-refractivity contribution in [3.8, 4) is 11.5 Å². The molecule has 0 radical (unpaired) electrons. The van der Waals surface area contributed by atoms with Crippen molar-refractivity contribution in [2.24, 2.45) is 0 Å². The fourth-order valence-electron chi connectivity index (χ4n) is 4.71. The van der Waals surface area contributed by atoms with E-state index in [-0.39, 0.29) is 36.9 Å². The monoisotopic (exact) mass is 505 g/mol. The molecule has 10 nitrogen and oxygen atoms in total. The third-order valence-corrected chi connectivity index (χ3v) is 6.62. The molecule has 194 valence electrons. The average molecular weight is 506 g/mol. The van der Waals surface area contributed by atoms with E-state index in [0.717, 1.165) is 11.1 Å². The molecule has 0 spiro atoms. The Morgan fingerprint density at radius 2 is 1.84 bits per heavy atom. The maximum Gasteiger partial charge on any atom is 0.266 e. The molecule has 1 fully saturated rings. The van der Waals surface area contributed by atoms with Crippen molar-refractivity contribution in [2.75, 3.05) is 31.1 Å². The lowest BCUT2D eigenvalue weighted by atomic mass is 10.0. The van der Waals surface area contributed by atoms with Gasteiger partial charge in [-0.05, 0) is 53.9 Å². The molecule has 1 aromatic heterocycles. The van der Waals surface area contributed by atoms with Gasteiger partial charge in [-0.3, -0.25) is 9.59 Å². The second-order valence-electron chi connectivity index (χ2n) is 9.35. The molecule has 0 saturated carbocycles. The number of aryl methyl sites for hydroxylation is 1. The minimum absolute atomic E-state index is 0.0309. The van der Waals surface area contributed by atoms with E-state index in [9.17, 15) is 9.59 Å². The molecule has 2 aliphatic rings. The van der Waals surface area contributed by atoms with Crippen LogP contribution in [0.5, 0.6) is 11.5 Å². The molecular formula is C27H31N5O5. The van der Waals surface area contributed by atoms with Crippen LogP contribution in [-0.4, -0.2) is 65.2 Å². The number of piperidine rings is 1. The van der Waals surface area contributed by atoms with Crippen molar-refractivity contribution in [3.63, 3.8) is 0 Å². The summed E-state index contributed by atoms with van der Waals surface area (Å²) in [4.78, 5) is 34.0. The summed E-state index contributed by atoms with van der Waals surface area (Å²) in [6.45, 7) is 5.50. The molecule has 2 aliphatic heterocycles. The van der Waals surface area contributed by atoms with Crippen LogP contribution < -0.4 is 15.0 Å². The van der Waals surface area contributed by atoms with Crippen molar-refractivity contribution in [2.45, 2.75) is 45.4 Å². The van der Waals surface area contributed by atoms with E-state index in [1.807, 2.05) is 60.4 Å². The van der Waals surface area contributed by atoms with Crippen molar-refractivity contribution in [3.05, 3.63) is 65.5 Å². The molecule has 1 N–H and O–H groups in total. The molecule has 37 heavy (non-hydrogen) atoms. The fraction of sp³-hybridized carbons (Fsp3) is 0.407. The van der Waals surface area contributed by atoms with Gasteiger partial charge in [-0.15, -0.1) is 0 Å². The Morgan fingerprint density at radius 3 is 2.57 bits per heavy atom. The van der Waals surface area contributed by atoms with Gasteiger partial charge in [0, 0.05) is 26.6 Å². The van der Waals surface area contributed by atoms with Gasteiger partial charge in [-0.1, -0.05) is 24.3 Å². The second kappa shape index (κ2) is 11.0. The molecule has 2 aromatic carbocycles. The van der Waals surface area contributed by atoms with Gasteiger partial charge < -0.3 is 29.1 Å². The molecule has 10 heteroatoms. The van der Waals surface area contributed by atoms with Gasteiger partial charge in [0.25, 0.3) is 5.95 Å². The zero-order chi connectivity index (χ0) is 25.8. The van der Waals surface area contributed by atoms with E-state index in [1.54, 1.807) is 11.8 Å². The van der Waals surface area contributed by atoms with E-state index in [1.165, 1.54) is 0 Å². The van der Waals surface area contributed by atoms with Crippen LogP contribution in [-0.2, 0) is 27.4 Å². The summed E-state index contributed by atoms with van der Waals surface area (Å²) in [6, 6.07) is 14.9. The van der Waals surface area contributed by atoms with Gasteiger partial charge in [0.2, 0.25) is 17.7 Å². The summed E-state index contributed by atoms with van der Waals surface area (Å²) in [5, 5.41) is 7.14.